The van der Waals surface area contributed by atoms with Crippen LogP contribution in [-0.4, -0.2) is 29.3 Å². The summed E-state index contributed by atoms with van der Waals surface area (Å²) in [6.45, 7) is 8.49. The first-order valence-electron chi connectivity index (χ1n) is 12.7. The molecule has 36 heavy (non-hydrogen) atoms. The molecule has 4 rings (SSSR count). The predicted octanol–water partition coefficient (Wildman–Crippen LogP) is 7.78. The zero-order chi connectivity index (χ0) is 25.5. The molecule has 0 saturated carbocycles. The first-order valence-corrected chi connectivity index (χ1v) is 12.7. The fraction of sp³-hybridized carbons (Fsp3) is 0.379. The van der Waals surface area contributed by atoms with E-state index in [2.05, 4.69) is 43.0 Å². The molecule has 2 heterocycles. The molecule has 0 aliphatic rings. The van der Waals surface area contributed by atoms with E-state index >= 15 is 0 Å². The van der Waals surface area contributed by atoms with Crippen LogP contribution < -0.4 is 19.5 Å². The molecule has 0 amide bonds. The largest absolute Gasteiger partial charge is 0.493 e. The minimum atomic E-state index is 0.0994. The molecule has 0 atom stereocenters. The molecule has 0 unspecified atom stereocenters. The predicted molar refractivity (Wildman–Crippen MR) is 144 cm³/mol. The Kier molecular flexibility index (Phi) is 8.31. The molecule has 0 saturated heterocycles. The number of hydrogen-bond acceptors (Lipinski definition) is 7. The molecule has 4 aromatic rings. The lowest BCUT2D eigenvalue weighted by Crippen LogP contribution is -2.15. The van der Waals surface area contributed by atoms with Crippen LogP contribution in [0.25, 0.3) is 22.2 Å². The van der Waals surface area contributed by atoms with Crippen molar-refractivity contribution < 1.29 is 18.6 Å². The number of ether oxygens (including phenoxy) is 3. The van der Waals surface area contributed by atoms with Crippen LogP contribution in [0.4, 0.5) is 11.5 Å². The summed E-state index contributed by atoms with van der Waals surface area (Å²) in [4.78, 5) is 9.05. The fourth-order valence-corrected chi connectivity index (χ4v) is 4.14. The van der Waals surface area contributed by atoms with E-state index in [1.807, 2.05) is 42.5 Å². The van der Waals surface area contributed by atoms with Gasteiger partial charge in [-0.05, 0) is 62.1 Å². The molecule has 0 bridgehead atoms. The maximum Gasteiger partial charge on any atom is 0.162 e. The van der Waals surface area contributed by atoms with Crippen molar-refractivity contribution >= 4 is 22.4 Å². The maximum absolute atomic E-state index is 6.36. The van der Waals surface area contributed by atoms with Gasteiger partial charge in [0.15, 0.2) is 11.5 Å². The normalized spacial score (nSPS) is 11.3. The number of benzene rings is 2. The number of rotatable bonds is 12. The third-order valence-electron chi connectivity index (χ3n) is 6.37. The highest BCUT2D eigenvalue weighted by molar-refractivity contribution is 5.93. The van der Waals surface area contributed by atoms with Gasteiger partial charge in [0.2, 0.25) is 0 Å². The SMILES string of the molecule is CCC(CC)Oc1ccc(-c2ccco2)cc1Nc1ncnc2cc(OC)c(OC(CC)CC)cc12. The molecule has 190 valence electrons. The number of nitrogens with one attached hydrogen (secondary N) is 1. The van der Waals surface area contributed by atoms with E-state index in [0.29, 0.717) is 17.3 Å². The van der Waals surface area contributed by atoms with Gasteiger partial charge in [-0.25, -0.2) is 9.97 Å². The Morgan fingerprint density at radius 3 is 2.19 bits per heavy atom. The summed E-state index contributed by atoms with van der Waals surface area (Å²) >= 11 is 0. The van der Waals surface area contributed by atoms with Crippen LogP contribution in [0, 0.1) is 0 Å². The van der Waals surface area contributed by atoms with E-state index in [1.54, 1.807) is 19.7 Å². The quantitative estimate of drug-likeness (QED) is 0.218. The van der Waals surface area contributed by atoms with E-state index in [-0.39, 0.29) is 12.2 Å². The van der Waals surface area contributed by atoms with Gasteiger partial charge in [0, 0.05) is 17.0 Å². The fourth-order valence-electron chi connectivity index (χ4n) is 4.14. The summed E-state index contributed by atoms with van der Waals surface area (Å²) in [5, 5.41) is 4.33. The second-order valence-corrected chi connectivity index (χ2v) is 8.67. The van der Waals surface area contributed by atoms with Crippen LogP contribution in [-0.2, 0) is 0 Å². The number of methoxy groups -OCH3 is 1. The van der Waals surface area contributed by atoms with Crippen LogP contribution >= 0.6 is 0 Å². The van der Waals surface area contributed by atoms with Gasteiger partial charge >= 0.3 is 0 Å². The first-order chi connectivity index (χ1) is 17.6. The zero-order valence-electron chi connectivity index (χ0n) is 21.7. The highest BCUT2D eigenvalue weighted by Crippen LogP contribution is 2.38. The number of furan rings is 1. The highest BCUT2D eigenvalue weighted by Gasteiger charge is 2.17. The standard InChI is InChI=1S/C29H35N3O4/c1-6-20(7-2)35-26-13-12-19(25-11-10-14-34-25)15-24(26)32-29-22-16-28(36-21(8-3)9-4)27(33-5)17-23(22)30-18-31-29/h10-18,20-21H,6-9H2,1-5H3,(H,30,31,32). The van der Waals surface area contributed by atoms with E-state index < -0.39 is 0 Å². The summed E-state index contributed by atoms with van der Waals surface area (Å²) in [5.74, 6) is 3.52. The molecule has 7 heteroatoms. The second kappa shape index (κ2) is 11.8. The molecule has 0 radical (unpaired) electrons. The summed E-state index contributed by atoms with van der Waals surface area (Å²) in [6, 6.07) is 13.7. The highest BCUT2D eigenvalue weighted by atomic mass is 16.5. The summed E-state index contributed by atoms with van der Waals surface area (Å²) in [6.07, 6.45) is 7.09. The Morgan fingerprint density at radius 1 is 0.833 bits per heavy atom. The summed E-state index contributed by atoms with van der Waals surface area (Å²) < 4.78 is 23.9. The molecule has 0 aliphatic carbocycles. The van der Waals surface area contributed by atoms with E-state index in [9.17, 15) is 0 Å². The average molecular weight is 490 g/mol. The molecule has 2 aromatic carbocycles. The lowest BCUT2D eigenvalue weighted by Gasteiger charge is -2.21. The van der Waals surface area contributed by atoms with Crippen molar-refractivity contribution in [2.75, 3.05) is 12.4 Å². The van der Waals surface area contributed by atoms with Gasteiger partial charge in [0.1, 0.15) is 23.7 Å². The monoisotopic (exact) mass is 489 g/mol. The number of fused-ring (bicyclic) bond motifs is 1. The van der Waals surface area contributed by atoms with E-state index in [1.165, 1.54) is 0 Å². The van der Waals surface area contributed by atoms with Crippen molar-refractivity contribution in [1.82, 2.24) is 9.97 Å². The topological polar surface area (TPSA) is 78.6 Å². The second-order valence-electron chi connectivity index (χ2n) is 8.67. The first kappa shape index (κ1) is 25.4. The third-order valence-corrected chi connectivity index (χ3v) is 6.37. The molecule has 1 N–H and O–H groups in total. The maximum atomic E-state index is 6.36. The van der Waals surface area contributed by atoms with Gasteiger partial charge in [-0.3, -0.25) is 0 Å². The van der Waals surface area contributed by atoms with Crippen molar-refractivity contribution in [3.8, 4) is 28.6 Å². The minimum Gasteiger partial charge on any atom is -0.493 e. The van der Waals surface area contributed by atoms with Crippen molar-refractivity contribution in [3.05, 3.63) is 55.1 Å². The van der Waals surface area contributed by atoms with Gasteiger partial charge in [-0.2, -0.15) is 0 Å². The van der Waals surface area contributed by atoms with Crippen molar-refractivity contribution in [2.24, 2.45) is 0 Å². The lowest BCUT2D eigenvalue weighted by molar-refractivity contribution is 0.185. The number of aromatic nitrogens is 2. The molecule has 0 spiro atoms. The molecule has 0 aliphatic heterocycles. The van der Waals surface area contributed by atoms with Crippen LogP contribution in [0.15, 0.2) is 59.5 Å². The molecular weight excluding hydrogens is 454 g/mol. The number of nitrogens with zero attached hydrogens (tertiary/aromatic N) is 2. The van der Waals surface area contributed by atoms with Crippen LogP contribution in [0.5, 0.6) is 17.2 Å². The third kappa shape index (κ3) is 5.56. The number of hydrogen-bond donors (Lipinski definition) is 1. The molecular formula is C29H35N3O4. The van der Waals surface area contributed by atoms with Crippen molar-refractivity contribution in [3.63, 3.8) is 0 Å². The van der Waals surface area contributed by atoms with Crippen LogP contribution in [0.1, 0.15) is 53.4 Å². The van der Waals surface area contributed by atoms with Crippen LogP contribution in [0.2, 0.25) is 0 Å². The van der Waals surface area contributed by atoms with Crippen LogP contribution in [0.3, 0.4) is 0 Å². The van der Waals surface area contributed by atoms with Crippen molar-refractivity contribution in [1.29, 1.82) is 0 Å². The Labute approximate surface area is 212 Å². The van der Waals surface area contributed by atoms with Gasteiger partial charge in [0.05, 0.1) is 36.8 Å². The Bertz CT molecular complexity index is 1270. The number of anilines is 2. The smallest absolute Gasteiger partial charge is 0.162 e. The van der Waals surface area contributed by atoms with Gasteiger partial charge in [-0.1, -0.05) is 27.7 Å². The molecule has 7 nitrogen and oxygen atoms in total. The molecule has 0 fully saturated rings. The van der Waals surface area contributed by atoms with Gasteiger partial charge < -0.3 is 23.9 Å². The summed E-state index contributed by atoms with van der Waals surface area (Å²) in [5.41, 5.74) is 2.50. The molecule has 2 aromatic heterocycles. The van der Waals surface area contributed by atoms with Crippen molar-refractivity contribution in [2.45, 2.75) is 65.6 Å². The average Bonchev–Trinajstić information content (AvgIpc) is 3.46. The Morgan fingerprint density at radius 2 is 1.56 bits per heavy atom. The van der Waals surface area contributed by atoms with E-state index in [4.69, 9.17) is 18.6 Å². The Hall–Kier alpha value is -3.74. The van der Waals surface area contributed by atoms with Gasteiger partial charge in [0.25, 0.3) is 0 Å². The minimum absolute atomic E-state index is 0.0994. The lowest BCUT2D eigenvalue weighted by atomic mass is 10.1. The summed E-state index contributed by atoms with van der Waals surface area (Å²) in [7, 11) is 1.64. The Balaban J connectivity index is 1.78. The zero-order valence-corrected chi connectivity index (χ0v) is 21.7. The van der Waals surface area contributed by atoms with E-state index in [0.717, 1.165) is 59.3 Å². The van der Waals surface area contributed by atoms with Gasteiger partial charge in [-0.15, -0.1) is 0 Å².